The van der Waals surface area contributed by atoms with Crippen molar-refractivity contribution in [3.8, 4) is 5.75 Å². The van der Waals surface area contributed by atoms with E-state index in [4.69, 9.17) is 9.16 Å². The number of carbonyl (C=O) groups excluding carboxylic acids is 1. The van der Waals surface area contributed by atoms with E-state index in [1.165, 1.54) is 0 Å². The van der Waals surface area contributed by atoms with Gasteiger partial charge in [0.05, 0.1) is 12.2 Å². The molecule has 0 saturated heterocycles. The number of ether oxygens (including phenoxy) is 1. The summed E-state index contributed by atoms with van der Waals surface area (Å²) in [6.07, 6.45) is 1.62. The Morgan fingerprint density at radius 3 is 2.29 bits per heavy atom. The molecule has 0 amide bonds. The van der Waals surface area contributed by atoms with E-state index >= 15 is 0 Å². The minimum Gasteiger partial charge on any atom is -0.543 e. The Hall–Kier alpha value is -1.59. The van der Waals surface area contributed by atoms with Gasteiger partial charge in [-0.3, -0.25) is 4.79 Å². The first-order valence-corrected chi connectivity index (χ1v) is 11.1. The summed E-state index contributed by atoms with van der Waals surface area (Å²) >= 11 is 0. The standard InChI is InChI=1S/C19H31NO3Si/c1-19(2,3)24(7,8)23-18-12-10-9-11-16(18)17(21)13-15(14-22-6)20(4)5/h9-13H,14H2,1-8H3/b15-13+. The average Bonchev–Trinajstić information content (AvgIpc) is 2.45. The van der Waals surface area contributed by atoms with Crippen LogP contribution in [0, 0.1) is 0 Å². The van der Waals surface area contributed by atoms with Crippen LogP contribution < -0.4 is 4.43 Å². The van der Waals surface area contributed by atoms with E-state index in [9.17, 15) is 4.79 Å². The molecule has 0 saturated carbocycles. The largest absolute Gasteiger partial charge is 0.543 e. The van der Waals surface area contributed by atoms with E-state index in [-0.39, 0.29) is 10.8 Å². The van der Waals surface area contributed by atoms with Crippen LogP contribution in [-0.2, 0) is 4.74 Å². The summed E-state index contributed by atoms with van der Waals surface area (Å²) in [5, 5.41) is 0.0733. The summed E-state index contributed by atoms with van der Waals surface area (Å²) in [4.78, 5) is 14.7. The molecule has 0 radical (unpaired) electrons. The SMILES string of the molecule is COC/C(=C\C(=O)c1ccccc1O[Si](C)(C)C(C)(C)C)N(C)C. The van der Waals surface area contributed by atoms with Gasteiger partial charge >= 0.3 is 0 Å². The fourth-order valence-corrected chi connectivity index (χ4v) is 2.90. The molecule has 1 aromatic carbocycles. The number of hydrogen-bond donors (Lipinski definition) is 0. The highest BCUT2D eigenvalue weighted by molar-refractivity contribution is 6.74. The summed E-state index contributed by atoms with van der Waals surface area (Å²) in [6.45, 7) is 11.3. The minimum absolute atomic E-state index is 0.0648. The van der Waals surface area contributed by atoms with Crippen LogP contribution in [0.4, 0.5) is 0 Å². The van der Waals surface area contributed by atoms with Crippen molar-refractivity contribution >= 4 is 14.1 Å². The normalized spacial score (nSPS) is 12.9. The van der Waals surface area contributed by atoms with Crippen molar-refractivity contribution in [3.05, 3.63) is 41.6 Å². The molecular weight excluding hydrogens is 318 g/mol. The average molecular weight is 350 g/mol. The molecule has 0 unspecified atom stereocenters. The van der Waals surface area contributed by atoms with Crippen molar-refractivity contribution in [1.29, 1.82) is 0 Å². The third kappa shape index (κ3) is 5.21. The number of allylic oxidation sites excluding steroid dienone is 1. The van der Waals surface area contributed by atoms with Crippen LogP contribution >= 0.6 is 0 Å². The maximum atomic E-state index is 12.8. The van der Waals surface area contributed by atoms with Gasteiger partial charge in [0.25, 0.3) is 8.32 Å². The fourth-order valence-electron chi connectivity index (χ4n) is 1.86. The van der Waals surface area contributed by atoms with Crippen molar-refractivity contribution in [2.24, 2.45) is 0 Å². The summed E-state index contributed by atoms with van der Waals surface area (Å²) < 4.78 is 11.5. The maximum absolute atomic E-state index is 12.8. The van der Waals surface area contributed by atoms with Crippen molar-refractivity contribution in [2.75, 3.05) is 27.8 Å². The van der Waals surface area contributed by atoms with Crippen molar-refractivity contribution in [3.63, 3.8) is 0 Å². The lowest BCUT2D eigenvalue weighted by atomic mass is 10.1. The molecule has 0 aliphatic rings. The van der Waals surface area contributed by atoms with Gasteiger partial charge < -0.3 is 14.1 Å². The molecule has 0 spiro atoms. The van der Waals surface area contributed by atoms with E-state index in [0.29, 0.717) is 17.9 Å². The van der Waals surface area contributed by atoms with E-state index in [2.05, 4.69) is 33.9 Å². The molecule has 0 N–H and O–H groups in total. The fraction of sp³-hybridized carbons (Fsp3) is 0.526. The predicted octanol–water partition coefficient (Wildman–Crippen LogP) is 4.35. The van der Waals surface area contributed by atoms with Crippen LogP contribution in [0.3, 0.4) is 0 Å². The van der Waals surface area contributed by atoms with Gasteiger partial charge in [-0.25, -0.2) is 0 Å². The molecule has 1 rings (SSSR count). The van der Waals surface area contributed by atoms with Gasteiger partial charge in [-0.2, -0.15) is 0 Å². The quantitative estimate of drug-likeness (QED) is 0.417. The zero-order valence-electron chi connectivity index (χ0n) is 16.3. The number of hydrogen-bond acceptors (Lipinski definition) is 4. The number of benzene rings is 1. The number of ketones is 1. The lowest BCUT2D eigenvalue weighted by Gasteiger charge is -2.36. The Morgan fingerprint density at radius 1 is 1.21 bits per heavy atom. The number of carbonyl (C=O) groups is 1. The number of para-hydroxylation sites is 1. The highest BCUT2D eigenvalue weighted by Gasteiger charge is 2.39. The number of rotatable bonds is 7. The minimum atomic E-state index is -2.01. The van der Waals surface area contributed by atoms with Gasteiger partial charge in [-0.1, -0.05) is 32.9 Å². The summed E-state index contributed by atoms with van der Waals surface area (Å²) in [5.41, 5.74) is 1.42. The highest BCUT2D eigenvalue weighted by atomic mass is 28.4. The van der Waals surface area contributed by atoms with E-state index < -0.39 is 8.32 Å². The highest BCUT2D eigenvalue weighted by Crippen LogP contribution is 2.38. The molecule has 0 heterocycles. The van der Waals surface area contributed by atoms with Crippen LogP contribution in [0.2, 0.25) is 18.1 Å². The number of nitrogens with zero attached hydrogens (tertiary/aromatic N) is 1. The van der Waals surface area contributed by atoms with E-state index in [0.717, 1.165) is 5.70 Å². The first-order valence-electron chi connectivity index (χ1n) is 8.19. The third-order valence-electron chi connectivity index (χ3n) is 4.49. The molecule has 5 heteroatoms. The van der Waals surface area contributed by atoms with Crippen LogP contribution in [0.25, 0.3) is 0 Å². The molecule has 4 nitrogen and oxygen atoms in total. The van der Waals surface area contributed by atoms with E-state index in [1.54, 1.807) is 13.2 Å². The van der Waals surface area contributed by atoms with E-state index in [1.807, 2.05) is 43.3 Å². The molecule has 1 aromatic rings. The number of likely N-dealkylation sites (N-methyl/N-ethyl adjacent to an activating group) is 1. The second-order valence-electron chi connectivity index (χ2n) is 7.69. The molecule has 0 fully saturated rings. The topological polar surface area (TPSA) is 38.8 Å². The zero-order chi connectivity index (χ0) is 18.5. The van der Waals surface area contributed by atoms with Crippen molar-refractivity contribution < 1.29 is 14.0 Å². The Kier molecular flexibility index (Phi) is 6.81. The lowest BCUT2D eigenvalue weighted by Crippen LogP contribution is -2.44. The zero-order valence-corrected chi connectivity index (χ0v) is 17.3. The summed E-state index contributed by atoms with van der Waals surface area (Å²) in [6, 6.07) is 7.48. The smallest absolute Gasteiger partial charge is 0.250 e. The molecule has 0 bridgehead atoms. The van der Waals surface area contributed by atoms with Crippen molar-refractivity contribution in [2.45, 2.75) is 38.9 Å². The van der Waals surface area contributed by atoms with Gasteiger partial charge in [-0.05, 0) is 30.3 Å². The summed E-state index contributed by atoms with van der Waals surface area (Å²) in [5.74, 6) is 0.603. The van der Waals surface area contributed by atoms with Crippen LogP contribution in [0.1, 0.15) is 31.1 Å². The summed E-state index contributed by atoms with van der Waals surface area (Å²) in [7, 11) is 3.41. The Bertz CT molecular complexity index is 601. The van der Waals surface area contributed by atoms with Gasteiger partial charge in [0.1, 0.15) is 5.75 Å². The Balaban J connectivity index is 3.19. The predicted molar refractivity (Wildman–Crippen MR) is 102 cm³/mol. The van der Waals surface area contributed by atoms with Crippen molar-refractivity contribution in [1.82, 2.24) is 4.90 Å². The molecule has 134 valence electrons. The maximum Gasteiger partial charge on any atom is 0.250 e. The van der Waals surface area contributed by atoms with Gasteiger partial charge in [0.15, 0.2) is 5.78 Å². The van der Waals surface area contributed by atoms with Gasteiger partial charge in [0.2, 0.25) is 0 Å². The van der Waals surface area contributed by atoms with Gasteiger partial charge in [0, 0.05) is 33.0 Å². The molecule has 0 aromatic heterocycles. The first-order chi connectivity index (χ1) is 11.0. The molecule has 0 atom stereocenters. The monoisotopic (exact) mass is 349 g/mol. The van der Waals surface area contributed by atoms with Crippen LogP contribution in [0.5, 0.6) is 5.75 Å². The number of methoxy groups -OCH3 is 1. The molecule has 0 aliphatic carbocycles. The first kappa shape index (κ1) is 20.5. The Labute approximate surface area is 147 Å². The molecule has 0 aliphatic heterocycles. The second kappa shape index (κ2) is 7.99. The second-order valence-corrected chi connectivity index (χ2v) is 12.4. The van der Waals surface area contributed by atoms with Gasteiger partial charge in [-0.15, -0.1) is 0 Å². The lowest BCUT2D eigenvalue weighted by molar-refractivity contribution is 0.103. The molecular formula is C19H31NO3Si. The molecule has 24 heavy (non-hydrogen) atoms. The van der Waals surface area contributed by atoms with Crippen LogP contribution in [-0.4, -0.2) is 46.8 Å². The van der Waals surface area contributed by atoms with Crippen LogP contribution in [0.15, 0.2) is 36.0 Å². The Morgan fingerprint density at radius 2 is 1.79 bits per heavy atom. The third-order valence-corrected chi connectivity index (χ3v) is 8.83.